The molecule has 0 atom stereocenters. The molecule has 0 unspecified atom stereocenters. The quantitative estimate of drug-likeness (QED) is 0.858. The van der Waals surface area contributed by atoms with Gasteiger partial charge in [-0.2, -0.15) is 0 Å². The maximum atomic E-state index is 11.9. The Hall–Kier alpha value is -1.37. The van der Waals surface area contributed by atoms with Gasteiger partial charge in [-0.25, -0.2) is 4.98 Å². The van der Waals surface area contributed by atoms with E-state index in [2.05, 4.69) is 32.9 Å². The molecule has 0 spiro atoms. The Bertz CT molecular complexity index is 551. The number of halogens is 1. The lowest BCUT2D eigenvalue weighted by atomic mass is 10.2. The molecule has 1 amide bonds. The Morgan fingerprint density at radius 2 is 2.22 bits per heavy atom. The van der Waals surface area contributed by atoms with Gasteiger partial charge in [-0.15, -0.1) is 0 Å². The summed E-state index contributed by atoms with van der Waals surface area (Å²) < 4.78 is 6.35. The summed E-state index contributed by atoms with van der Waals surface area (Å²) in [4.78, 5) is 16.0. The predicted molar refractivity (Wildman–Crippen MR) is 76.2 cm³/mol. The van der Waals surface area contributed by atoms with Gasteiger partial charge in [0.05, 0.1) is 18.3 Å². The summed E-state index contributed by atoms with van der Waals surface area (Å²) in [6.45, 7) is 2.30. The van der Waals surface area contributed by atoms with Gasteiger partial charge >= 0.3 is 0 Å². The molecule has 2 aromatic rings. The number of aryl methyl sites for hydroxylation is 1. The third-order valence-corrected chi connectivity index (χ3v) is 3.41. The fourth-order valence-electron chi connectivity index (χ4n) is 1.49. The summed E-state index contributed by atoms with van der Waals surface area (Å²) >= 11 is 2.14. The van der Waals surface area contributed by atoms with E-state index < -0.39 is 0 Å². The average molecular weight is 356 g/mol. The molecule has 1 heterocycles. The molecule has 4 nitrogen and oxygen atoms in total. The normalized spacial score (nSPS) is 10.3. The second-order valence-corrected chi connectivity index (χ2v) is 4.90. The van der Waals surface area contributed by atoms with Crippen molar-refractivity contribution in [1.29, 1.82) is 0 Å². The van der Waals surface area contributed by atoms with E-state index in [1.807, 2.05) is 25.1 Å². The summed E-state index contributed by atoms with van der Waals surface area (Å²) in [7, 11) is 0. The Morgan fingerprint density at radius 1 is 1.44 bits per heavy atom. The van der Waals surface area contributed by atoms with Crippen molar-refractivity contribution in [2.75, 3.05) is 0 Å². The van der Waals surface area contributed by atoms with Crippen LogP contribution >= 0.6 is 22.6 Å². The third kappa shape index (κ3) is 3.10. The number of amides is 1. The second kappa shape index (κ2) is 5.99. The molecule has 0 aliphatic rings. The van der Waals surface area contributed by atoms with E-state index in [1.165, 1.54) is 0 Å². The number of hydrogen-bond acceptors (Lipinski definition) is 3. The molecule has 0 saturated carbocycles. The SMILES string of the molecule is CCc1cnc(CNC(=O)c2ccccc2I)o1. The van der Waals surface area contributed by atoms with Crippen LogP contribution < -0.4 is 5.32 Å². The predicted octanol–water partition coefficient (Wildman–Crippen LogP) is 2.77. The average Bonchev–Trinajstić information content (AvgIpc) is 2.84. The molecular formula is C13H13IN2O2. The zero-order chi connectivity index (χ0) is 13.0. The van der Waals surface area contributed by atoms with Crippen LogP contribution in [0.1, 0.15) is 28.9 Å². The third-order valence-electron chi connectivity index (χ3n) is 2.47. The van der Waals surface area contributed by atoms with E-state index in [1.54, 1.807) is 12.3 Å². The molecule has 0 fully saturated rings. The van der Waals surface area contributed by atoms with Gasteiger partial charge in [-0.05, 0) is 34.7 Å². The van der Waals surface area contributed by atoms with Gasteiger partial charge in [0.15, 0.2) is 0 Å². The second-order valence-electron chi connectivity index (χ2n) is 3.74. The molecule has 5 heteroatoms. The molecule has 1 aromatic heterocycles. The first-order valence-electron chi connectivity index (χ1n) is 5.67. The number of oxazole rings is 1. The Kier molecular flexibility index (Phi) is 4.35. The standard InChI is InChI=1S/C13H13IN2O2/c1-2-9-7-15-12(18-9)8-16-13(17)10-5-3-4-6-11(10)14/h3-7H,2,8H2,1H3,(H,16,17). The lowest BCUT2D eigenvalue weighted by Gasteiger charge is -2.04. The van der Waals surface area contributed by atoms with Crippen molar-refractivity contribution in [1.82, 2.24) is 10.3 Å². The highest BCUT2D eigenvalue weighted by atomic mass is 127. The minimum atomic E-state index is -0.115. The van der Waals surface area contributed by atoms with Crippen LogP contribution in [0.3, 0.4) is 0 Å². The number of aromatic nitrogens is 1. The van der Waals surface area contributed by atoms with Crippen molar-refractivity contribution in [2.24, 2.45) is 0 Å². The van der Waals surface area contributed by atoms with Crippen molar-refractivity contribution < 1.29 is 9.21 Å². The van der Waals surface area contributed by atoms with Gasteiger partial charge in [0.2, 0.25) is 5.89 Å². The van der Waals surface area contributed by atoms with E-state index in [0.717, 1.165) is 15.8 Å². The molecule has 0 aliphatic heterocycles. The number of nitrogens with zero attached hydrogens (tertiary/aromatic N) is 1. The van der Waals surface area contributed by atoms with Crippen molar-refractivity contribution >= 4 is 28.5 Å². The maximum Gasteiger partial charge on any atom is 0.252 e. The lowest BCUT2D eigenvalue weighted by Crippen LogP contribution is -2.23. The zero-order valence-corrected chi connectivity index (χ0v) is 12.1. The van der Waals surface area contributed by atoms with E-state index in [0.29, 0.717) is 18.0 Å². The Balaban J connectivity index is 1.98. The smallest absolute Gasteiger partial charge is 0.252 e. The number of carbonyl (C=O) groups excluding carboxylic acids is 1. The lowest BCUT2D eigenvalue weighted by molar-refractivity contribution is 0.0946. The first-order valence-corrected chi connectivity index (χ1v) is 6.75. The highest BCUT2D eigenvalue weighted by Gasteiger charge is 2.10. The summed E-state index contributed by atoms with van der Waals surface area (Å²) in [6.07, 6.45) is 2.49. The van der Waals surface area contributed by atoms with Gasteiger partial charge in [0.1, 0.15) is 5.76 Å². The van der Waals surface area contributed by atoms with Crippen LogP contribution in [0.2, 0.25) is 0 Å². The van der Waals surface area contributed by atoms with Crippen molar-refractivity contribution in [3.8, 4) is 0 Å². The van der Waals surface area contributed by atoms with Gasteiger partial charge in [-0.1, -0.05) is 19.1 Å². The van der Waals surface area contributed by atoms with Crippen molar-refractivity contribution in [3.63, 3.8) is 0 Å². The van der Waals surface area contributed by atoms with Crippen LogP contribution in [0.25, 0.3) is 0 Å². The zero-order valence-electron chi connectivity index (χ0n) is 9.94. The number of carbonyl (C=O) groups is 1. The van der Waals surface area contributed by atoms with Gasteiger partial charge in [-0.3, -0.25) is 4.79 Å². The van der Waals surface area contributed by atoms with Crippen molar-refractivity contribution in [3.05, 3.63) is 51.2 Å². The first kappa shape index (κ1) is 13.1. The number of rotatable bonds is 4. The number of benzene rings is 1. The van der Waals surface area contributed by atoms with Crippen LogP contribution in [0.4, 0.5) is 0 Å². The van der Waals surface area contributed by atoms with Crippen LogP contribution in [0.5, 0.6) is 0 Å². The monoisotopic (exact) mass is 356 g/mol. The summed E-state index contributed by atoms with van der Waals surface area (Å²) in [6, 6.07) is 7.44. The van der Waals surface area contributed by atoms with E-state index in [-0.39, 0.29) is 5.91 Å². The topological polar surface area (TPSA) is 55.1 Å². The van der Waals surface area contributed by atoms with Crippen molar-refractivity contribution in [2.45, 2.75) is 19.9 Å². The van der Waals surface area contributed by atoms with E-state index in [9.17, 15) is 4.79 Å². The van der Waals surface area contributed by atoms with Crippen LogP contribution in [0, 0.1) is 3.57 Å². The highest BCUT2D eigenvalue weighted by molar-refractivity contribution is 14.1. The molecule has 0 radical (unpaired) electrons. The van der Waals surface area contributed by atoms with Gasteiger partial charge in [0.25, 0.3) is 5.91 Å². The maximum absolute atomic E-state index is 11.9. The molecule has 94 valence electrons. The van der Waals surface area contributed by atoms with Gasteiger partial charge in [0, 0.05) is 9.99 Å². The molecule has 1 N–H and O–H groups in total. The molecule has 1 aromatic carbocycles. The molecule has 18 heavy (non-hydrogen) atoms. The first-order chi connectivity index (χ1) is 8.70. The Morgan fingerprint density at radius 3 is 2.89 bits per heavy atom. The molecule has 0 bridgehead atoms. The fraction of sp³-hybridized carbons (Fsp3) is 0.231. The minimum absolute atomic E-state index is 0.115. The van der Waals surface area contributed by atoms with Gasteiger partial charge < -0.3 is 9.73 Å². The summed E-state index contributed by atoms with van der Waals surface area (Å²) in [5.41, 5.74) is 0.667. The highest BCUT2D eigenvalue weighted by Crippen LogP contribution is 2.11. The minimum Gasteiger partial charge on any atom is -0.444 e. The largest absolute Gasteiger partial charge is 0.444 e. The molecule has 0 aliphatic carbocycles. The van der Waals surface area contributed by atoms with Crippen LogP contribution in [0.15, 0.2) is 34.9 Å². The fourth-order valence-corrected chi connectivity index (χ4v) is 2.12. The number of nitrogens with one attached hydrogen (secondary N) is 1. The van der Waals surface area contributed by atoms with Crippen LogP contribution in [-0.2, 0) is 13.0 Å². The summed E-state index contributed by atoms with van der Waals surface area (Å²) in [5.74, 6) is 1.25. The molecule has 2 rings (SSSR count). The van der Waals surface area contributed by atoms with E-state index in [4.69, 9.17) is 4.42 Å². The molecule has 0 saturated heterocycles. The number of hydrogen-bond donors (Lipinski definition) is 1. The summed E-state index contributed by atoms with van der Waals surface area (Å²) in [5, 5.41) is 2.79. The van der Waals surface area contributed by atoms with Crippen LogP contribution in [-0.4, -0.2) is 10.9 Å². The Labute approximate surface area is 119 Å². The molecular weight excluding hydrogens is 343 g/mol. The van der Waals surface area contributed by atoms with E-state index >= 15 is 0 Å².